The van der Waals surface area contributed by atoms with Crippen LogP contribution in [0.2, 0.25) is 0 Å². The third-order valence-electron chi connectivity index (χ3n) is 6.16. The monoisotopic (exact) mass is 462 g/mol. The highest BCUT2D eigenvalue weighted by atomic mass is 16.5. The van der Waals surface area contributed by atoms with Crippen molar-refractivity contribution in [2.24, 2.45) is 0 Å². The maximum absolute atomic E-state index is 12.8. The van der Waals surface area contributed by atoms with Crippen LogP contribution in [0.3, 0.4) is 0 Å². The first-order chi connectivity index (χ1) is 16.8. The molecule has 1 aromatic heterocycles. The van der Waals surface area contributed by atoms with Crippen LogP contribution < -0.4 is 15.1 Å². The smallest absolute Gasteiger partial charge is 0.224 e. The minimum Gasteiger partial charge on any atom is -0.441 e. The van der Waals surface area contributed by atoms with Crippen molar-refractivity contribution in [2.75, 3.05) is 67.7 Å². The number of carbonyl (C=O) groups is 1. The molecule has 3 aromatic rings. The van der Waals surface area contributed by atoms with Crippen molar-refractivity contribution in [3.05, 3.63) is 60.6 Å². The van der Waals surface area contributed by atoms with E-state index in [0.29, 0.717) is 37.7 Å². The number of aromatic nitrogens is 1. The average Bonchev–Trinajstić information content (AvgIpc) is 3.38. The van der Waals surface area contributed by atoms with Gasteiger partial charge in [0.05, 0.1) is 44.0 Å². The zero-order valence-corrected chi connectivity index (χ0v) is 19.2. The van der Waals surface area contributed by atoms with E-state index in [9.17, 15) is 4.79 Å². The van der Waals surface area contributed by atoms with Gasteiger partial charge in [-0.3, -0.25) is 4.79 Å². The van der Waals surface area contributed by atoms with Crippen LogP contribution in [0.4, 0.5) is 17.1 Å². The Bertz CT molecular complexity index is 1090. The molecule has 1 amide bonds. The number of carbonyl (C=O) groups excluding carboxylic acids is 1. The highest BCUT2D eigenvalue weighted by Gasteiger charge is 2.20. The Kier molecular flexibility index (Phi) is 7.07. The summed E-state index contributed by atoms with van der Waals surface area (Å²) in [5.41, 5.74) is 3.97. The molecule has 5 rings (SSSR count). The summed E-state index contributed by atoms with van der Waals surface area (Å²) >= 11 is 0. The van der Waals surface area contributed by atoms with Crippen molar-refractivity contribution < 1.29 is 18.7 Å². The number of oxazole rings is 1. The molecular formula is C26H30N4O4. The summed E-state index contributed by atoms with van der Waals surface area (Å²) in [5, 5.41) is 3.11. The lowest BCUT2D eigenvalue weighted by molar-refractivity contribution is -0.116. The lowest BCUT2D eigenvalue weighted by Crippen LogP contribution is -2.38. The van der Waals surface area contributed by atoms with Crippen LogP contribution in [0.25, 0.3) is 11.3 Å². The topological polar surface area (TPSA) is 80.1 Å². The fraction of sp³-hybridized carbons (Fsp3) is 0.385. The molecule has 2 aliphatic heterocycles. The fourth-order valence-electron chi connectivity index (χ4n) is 4.30. The minimum atomic E-state index is -0.0620. The van der Waals surface area contributed by atoms with Gasteiger partial charge in [0.15, 0.2) is 11.7 Å². The van der Waals surface area contributed by atoms with E-state index >= 15 is 0 Å². The van der Waals surface area contributed by atoms with Gasteiger partial charge in [0.2, 0.25) is 5.91 Å². The van der Waals surface area contributed by atoms with E-state index < -0.39 is 0 Å². The Morgan fingerprint density at radius 1 is 0.912 bits per heavy atom. The largest absolute Gasteiger partial charge is 0.441 e. The number of anilines is 3. The summed E-state index contributed by atoms with van der Waals surface area (Å²) in [6.45, 7) is 6.18. The Hall–Kier alpha value is -3.36. The van der Waals surface area contributed by atoms with E-state index in [4.69, 9.17) is 13.9 Å². The molecule has 178 valence electrons. The molecule has 2 fully saturated rings. The molecular weight excluding hydrogens is 432 g/mol. The van der Waals surface area contributed by atoms with Crippen LogP contribution in [0.15, 0.2) is 59.1 Å². The normalized spacial score (nSPS) is 16.5. The molecule has 8 nitrogen and oxygen atoms in total. The van der Waals surface area contributed by atoms with Crippen molar-refractivity contribution in [2.45, 2.75) is 12.8 Å². The summed E-state index contributed by atoms with van der Waals surface area (Å²) in [5.74, 6) is 1.21. The third-order valence-corrected chi connectivity index (χ3v) is 6.16. The van der Waals surface area contributed by atoms with Crippen LogP contribution >= 0.6 is 0 Å². The second-order valence-electron chi connectivity index (χ2n) is 8.43. The summed E-state index contributed by atoms with van der Waals surface area (Å²) in [6.07, 6.45) is 2.45. The maximum Gasteiger partial charge on any atom is 0.224 e. The summed E-state index contributed by atoms with van der Waals surface area (Å²) < 4.78 is 16.9. The van der Waals surface area contributed by atoms with Gasteiger partial charge in [0.25, 0.3) is 0 Å². The van der Waals surface area contributed by atoms with Gasteiger partial charge >= 0.3 is 0 Å². The number of hydrogen-bond donors (Lipinski definition) is 1. The predicted molar refractivity (Wildman–Crippen MR) is 131 cm³/mol. The zero-order chi connectivity index (χ0) is 23.2. The number of aryl methyl sites for hydroxylation is 1. The van der Waals surface area contributed by atoms with Crippen molar-refractivity contribution in [1.29, 1.82) is 0 Å². The second kappa shape index (κ2) is 10.7. The molecule has 3 heterocycles. The van der Waals surface area contributed by atoms with E-state index in [2.05, 4.69) is 32.2 Å². The first-order valence-electron chi connectivity index (χ1n) is 11.9. The highest BCUT2D eigenvalue weighted by molar-refractivity contribution is 5.95. The molecule has 8 heteroatoms. The van der Waals surface area contributed by atoms with Gasteiger partial charge < -0.3 is 29.0 Å². The molecule has 0 unspecified atom stereocenters. The maximum atomic E-state index is 12.8. The van der Waals surface area contributed by atoms with Gasteiger partial charge in [-0.25, -0.2) is 4.98 Å². The molecule has 2 aromatic carbocycles. The standard InChI is InChI=1S/C26H30N4O4/c31-25(8-9-26-27-19-24(34-26)20-4-2-1-3-5-20)28-22-7-6-21(29-10-14-32-15-11-29)18-23(22)30-12-16-33-17-13-30/h1-7,18-19H,8-17H2,(H,28,31). The predicted octanol–water partition coefficient (Wildman–Crippen LogP) is 3.59. The van der Waals surface area contributed by atoms with Gasteiger partial charge in [-0.2, -0.15) is 0 Å². The molecule has 0 aliphatic carbocycles. The Morgan fingerprint density at radius 2 is 1.62 bits per heavy atom. The number of ether oxygens (including phenoxy) is 2. The number of nitrogens with one attached hydrogen (secondary N) is 1. The van der Waals surface area contributed by atoms with E-state index in [1.54, 1.807) is 6.20 Å². The first kappa shape index (κ1) is 22.4. The molecule has 2 saturated heterocycles. The summed E-state index contributed by atoms with van der Waals surface area (Å²) in [7, 11) is 0. The molecule has 1 N–H and O–H groups in total. The van der Waals surface area contributed by atoms with Crippen molar-refractivity contribution >= 4 is 23.0 Å². The van der Waals surface area contributed by atoms with Crippen LogP contribution in [-0.4, -0.2) is 63.5 Å². The van der Waals surface area contributed by atoms with E-state index in [1.807, 2.05) is 36.4 Å². The molecule has 0 radical (unpaired) electrons. The molecule has 2 aliphatic rings. The van der Waals surface area contributed by atoms with Crippen molar-refractivity contribution in [3.8, 4) is 11.3 Å². The van der Waals surface area contributed by atoms with Gasteiger partial charge in [-0.15, -0.1) is 0 Å². The zero-order valence-electron chi connectivity index (χ0n) is 19.2. The van der Waals surface area contributed by atoms with Gasteiger partial charge in [0, 0.05) is 50.3 Å². The third kappa shape index (κ3) is 5.40. The SMILES string of the molecule is O=C(CCc1ncc(-c2ccccc2)o1)Nc1ccc(N2CCOCC2)cc1N1CCOCC1. The fourth-order valence-corrected chi connectivity index (χ4v) is 4.30. The number of rotatable bonds is 7. The molecule has 0 spiro atoms. The Balaban J connectivity index is 1.26. The number of benzene rings is 2. The van der Waals surface area contributed by atoms with E-state index in [1.165, 1.54) is 0 Å². The lowest BCUT2D eigenvalue weighted by atomic mass is 10.1. The van der Waals surface area contributed by atoms with Crippen LogP contribution in [0.5, 0.6) is 0 Å². The number of morpholine rings is 2. The van der Waals surface area contributed by atoms with Crippen LogP contribution in [0, 0.1) is 0 Å². The minimum absolute atomic E-state index is 0.0620. The molecule has 0 saturated carbocycles. The lowest BCUT2D eigenvalue weighted by Gasteiger charge is -2.33. The number of hydrogen-bond acceptors (Lipinski definition) is 7. The average molecular weight is 463 g/mol. The van der Waals surface area contributed by atoms with Gasteiger partial charge in [-0.05, 0) is 18.2 Å². The number of amides is 1. The first-order valence-corrected chi connectivity index (χ1v) is 11.9. The van der Waals surface area contributed by atoms with Gasteiger partial charge in [-0.1, -0.05) is 30.3 Å². The summed E-state index contributed by atoms with van der Waals surface area (Å²) in [4.78, 5) is 21.8. The van der Waals surface area contributed by atoms with Gasteiger partial charge in [0.1, 0.15) is 0 Å². The second-order valence-corrected chi connectivity index (χ2v) is 8.43. The molecule has 34 heavy (non-hydrogen) atoms. The quantitative estimate of drug-likeness (QED) is 0.575. The number of nitrogens with zero attached hydrogens (tertiary/aromatic N) is 3. The van der Waals surface area contributed by atoms with Crippen LogP contribution in [0.1, 0.15) is 12.3 Å². The molecule has 0 atom stereocenters. The van der Waals surface area contributed by atoms with E-state index in [-0.39, 0.29) is 5.91 Å². The van der Waals surface area contributed by atoms with E-state index in [0.717, 1.165) is 62.0 Å². The van der Waals surface area contributed by atoms with Crippen LogP contribution in [-0.2, 0) is 20.7 Å². The van der Waals surface area contributed by atoms with Crippen molar-refractivity contribution in [1.82, 2.24) is 4.98 Å². The van der Waals surface area contributed by atoms with Crippen molar-refractivity contribution in [3.63, 3.8) is 0 Å². The Morgan fingerprint density at radius 3 is 2.35 bits per heavy atom. The molecule has 0 bridgehead atoms. The highest BCUT2D eigenvalue weighted by Crippen LogP contribution is 2.32. The Labute approximate surface area is 199 Å². The summed E-state index contributed by atoms with van der Waals surface area (Å²) in [6, 6.07) is 16.1.